The second-order valence-electron chi connectivity index (χ2n) is 3.94. The van der Waals surface area contributed by atoms with Crippen molar-refractivity contribution in [3.8, 4) is 0 Å². The molecule has 60 valence electrons. The second kappa shape index (κ2) is 3.41. The van der Waals surface area contributed by atoms with Crippen molar-refractivity contribution < 1.29 is 2.74 Å². The van der Waals surface area contributed by atoms with Crippen LogP contribution < -0.4 is 0 Å². The SMILES string of the molecule is [2H]C1([2H])C[C@@H](C)CC[C@H]1C(C)C. The lowest BCUT2D eigenvalue weighted by Gasteiger charge is -2.28. The Morgan fingerprint density at radius 3 is 2.50 bits per heavy atom. The van der Waals surface area contributed by atoms with E-state index in [0.29, 0.717) is 11.8 Å². The zero-order valence-electron chi connectivity index (χ0n) is 9.35. The van der Waals surface area contributed by atoms with Crippen molar-refractivity contribution >= 4 is 0 Å². The predicted octanol–water partition coefficient (Wildman–Crippen LogP) is 3.47. The van der Waals surface area contributed by atoms with Crippen LogP contribution in [-0.2, 0) is 0 Å². The maximum atomic E-state index is 7.91. The third kappa shape index (κ3) is 2.00. The van der Waals surface area contributed by atoms with Crippen LogP contribution in [0, 0.1) is 17.8 Å². The molecule has 0 unspecified atom stereocenters. The first-order valence-corrected chi connectivity index (χ1v) is 4.43. The van der Waals surface area contributed by atoms with Crippen molar-refractivity contribution in [2.75, 3.05) is 0 Å². The number of hydrogen-bond donors (Lipinski definition) is 0. The van der Waals surface area contributed by atoms with E-state index in [2.05, 4.69) is 20.8 Å². The van der Waals surface area contributed by atoms with Gasteiger partial charge in [0.1, 0.15) is 0 Å². The summed E-state index contributed by atoms with van der Waals surface area (Å²) in [6.45, 7) is 6.44. The highest BCUT2D eigenvalue weighted by atomic mass is 14.3. The molecule has 0 N–H and O–H groups in total. The van der Waals surface area contributed by atoms with E-state index in [4.69, 9.17) is 2.74 Å². The molecule has 0 aromatic heterocycles. The molecule has 0 heterocycles. The van der Waals surface area contributed by atoms with E-state index >= 15 is 0 Å². The summed E-state index contributed by atoms with van der Waals surface area (Å²) >= 11 is 0. The van der Waals surface area contributed by atoms with E-state index in [0.717, 1.165) is 12.8 Å². The molecule has 1 fully saturated rings. The van der Waals surface area contributed by atoms with Crippen LogP contribution >= 0.6 is 0 Å². The van der Waals surface area contributed by atoms with E-state index in [1.807, 2.05) is 0 Å². The minimum absolute atomic E-state index is 0.286. The van der Waals surface area contributed by atoms with Gasteiger partial charge in [0, 0.05) is 2.74 Å². The molecular weight excluding hydrogens is 120 g/mol. The van der Waals surface area contributed by atoms with Gasteiger partial charge in [-0.2, -0.15) is 0 Å². The lowest BCUT2D eigenvalue weighted by molar-refractivity contribution is 0.234. The summed E-state index contributed by atoms with van der Waals surface area (Å²) in [5.41, 5.74) is 0. The fraction of sp³-hybridized carbons (Fsp3) is 1.00. The summed E-state index contributed by atoms with van der Waals surface area (Å²) < 4.78 is 15.8. The Kier molecular flexibility index (Phi) is 1.92. The Morgan fingerprint density at radius 2 is 2.00 bits per heavy atom. The van der Waals surface area contributed by atoms with Crippen LogP contribution in [0.1, 0.15) is 49.1 Å². The first kappa shape index (κ1) is 5.62. The maximum absolute atomic E-state index is 7.91. The molecule has 1 aliphatic carbocycles. The van der Waals surface area contributed by atoms with Crippen molar-refractivity contribution in [3.63, 3.8) is 0 Å². The predicted molar refractivity (Wildman–Crippen MR) is 46.0 cm³/mol. The Balaban J connectivity index is 2.64. The van der Waals surface area contributed by atoms with E-state index in [-0.39, 0.29) is 5.92 Å². The molecule has 0 aliphatic heterocycles. The highest BCUT2D eigenvalue weighted by molar-refractivity contribution is 4.71. The fourth-order valence-corrected chi connectivity index (χ4v) is 1.59. The summed E-state index contributed by atoms with van der Waals surface area (Å²) in [7, 11) is 0. The van der Waals surface area contributed by atoms with Crippen LogP contribution in [0.4, 0.5) is 0 Å². The lowest BCUT2D eigenvalue weighted by Crippen LogP contribution is -2.16. The Bertz CT molecular complexity index is 152. The Hall–Kier alpha value is 0. The first-order valence-electron chi connectivity index (χ1n) is 5.43. The van der Waals surface area contributed by atoms with Crippen LogP contribution in [0.5, 0.6) is 0 Å². The van der Waals surface area contributed by atoms with Gasteiger partial charge in [-0.3, -0.25) is 0 Å². The molecule has 2 atom stereocenters. The largest absolute Gasteiger partial charge is 0.0625 e. The quantitative estimate of drug-likeness (QED) is 0.526. The van der Waals surface area contributed by atoms with E-state index in [9.17, 15) is 0 Å². The van der Waals surface area contributed by atoms with Gasteiger partial charge in [0.2, 0.25) is 0 Å². The molecule has 0 aromatic rings. The molecule has 0 bridgehead atoms. The molecular formula is C10H20. The van der Waals surface area contributed by atoms with Crippen LogP contribution in [0.25, 0.3) is 0 Å². The number of hydrogen-bond acceptors (Lipinski definition) is 0. The second-order valence-corrected chi connectivity index (χ2v) is 3.94. The lowest BCUT2D eigenvalue weighted by atomic mass is 9.78. The van der Waals surface area contributed by atoms with Gasteiger partial charge < -0.3 is 0 Å². The Labute approximate surface area is 67.8 Å². The number of rotatable bonds is 1. The van der Waals surface area contributed by atoms with E-state index < -0.39 is 6.37 Å². The van der Waals surface area contributed by atoms with E-state index in [1.54, 1.807) is 0 Å². The summed E-state index contributed by atoms with van der Waals surface area (Å²) in [4.78, 5) is 0. The van der Waals surface area contributed by atoms with Crippen LogP contribution in [0.3, 0.4) is 0 Å². The average molecular weight is 142 g/mol. The summed E-state index contributed by atoms with van der Waals surface area (Å²) in [5, 5.41) is 0. The summed E-state index contributed by atoms with van der Waals surface area (Å²) in [6.07, 6.45) is 2.13. The molecule has 0 nitrogen and oxygen atoms in total. The van der Waals surface area contributed by atoms with Gasteiger partial charge in [-0.25, -0.2) is 0 Å². The fourth-order valence-electron chi connectivity index (χ4n) is 1.59. The monoisotopic (exact) mass is 142 g/mol. The standard InChI is InChI=1S/C10H20/c1-8(2)10-6-4-9(3)5-7-10/h8-10H,4-7H2,1-3H3/t9-,10+/i6D2/m1/s1. The van der Waals surface area contributed by atoms with Crippen molar-refractivity contribution in [2.45, 2.75) is 46.4 Å². The third-order valence-electron chi connectivity index (χ3n) is 2.50. The summed E-state index contributed by atoms with van der Waals surface area (Å²) in [5.74, 6) is 1.36. The molecule has 1 aliphatic rings. The molecule has 10 heavy (non-hydrogen) atoms. The average Bonchev–Trinajstić information content (AvgIpc) is 1.82. The molecule has 0 radical (unpaired) electrons. The highest BCUT2D eigenvalue weighted by Gasteiger charge is 2.19. The van der Waals surface area contributed by atoms with Crippen LogP contribution in [0.15, 0.2) is 0 Å². The van der Waals surface area contributed by atoms with E-state index in [1.165, 1.54) is 6.42 Å². The first-order chi connectivity index (χ1) is 5.43. The molecule has 0 heteroatoms. The topological polar surface area (TPSA) is 0 Å². The molecule has 1 rings (SSSR count). The van der Waals surface area contributed by atoms with Gasteiger partial charge in [0.25, 0.3) is 0 Å². The van der Waals surface area contributed by atoms with Gasteiger partial charge in [-0.1, -0.05) is 33.6 Å². The zero-order chi connectivity index (χ0) is 9.35. The van der Waals surface area contributed by atoms with Crippen molar-refractivity contribution in [2.24, 2.45) is 17.8 Å². The smallest absolute Gasteiger partial charge is 0.0270 e. The van der Waals surface area contributed by atoms with Gasteiger partial charge >= 0.3 is 0 Å². The molecule has 0 spiro atoms. The third-order valence-corrected chi connectivity index (χ3v) is 2.50. The van der Waals surface area contributed by atoms with Crippen molar-refractivity contribution in [3.05, 3.63) is 0 Å². The minimum atomic E-state index is -0.911. The molecule has 0 aromatic carbocycles. The molecule has 0 amide bonds. The highest BCUT2D eigenvalue weighted by Crippen LogP contribution is 2.32. The van der Waals surface area contributed by atoms with Crippen molar-refractivity contribution in [1.82, 2.24) is 0 Å². The van der Waals surface area contributed by atoms with Gasteiger partial charge in [0.15, 0.2) is 0 Å². The van der Waals surface area contributed by atoms with Gasteiger partial charge in [-0.05, 0) is 30.5 Å². The van der Waals surface area contributed by atoms with Gasteiger partial charge in [0.05, 0.1) is 0 Å². The van der Waals surface area contributed by atoms with Crippen LogP contribution in [-0.4, -0.2) is 0 Å². The summed E-state index contributed by atoms with van der Waals surface area (Å²) in [6, 6.07) is 0. The zero-order valence-corrected chi connectivity index (χ0v) is 7.35. The minimum Gasteiger partial charge on any atom is -0.0625 e. The molecule has 0 saturated heterocycles. The maximum Gasteiger partial charge on any atom is 0.0270 e. The molecule has 1 saturated carbocycles. The van der Waals surface area contributed by atoms with Gasteiger partial charge in [-0.15, -0.1) is 0 Å². The normalized spacial score (nSPS) is 42.8. The van der Waals surface area contributed by atoms with Crippen LogP contribution in [0.2, 0.25) is 0 Å². The van der Waals surface area contributed by atoms with Crippen molar-refractivity contribution in [1.29, 1.82) is 0 Å². The Morgan fingerprint density at radius 1 is 1.30 bits per heavy atom.